The van der Waals surface area contributed by atoms with Crippen LogP contribution in [0.4, 0.5) is 0 Å². The van der Waals surface area contributed by atoms with Crippen molar-refractivity contribution >= 4 is 26.8 Å². The molecule has 2 saturated heterocycles. The molecule has 0 radical (unpaired) electrons. The molecule has 4 rings (SSSR count). The van der Waals surface area contributed by atoms with Crippen LogP contribution in [0.15, 0.2) is 30.5 Å². The van der Waals surface area contributed by atoms with E-state index in [0.29, 0.717) is 24.9 Å². The Morgan fingerprint density at radius 3 is 2.54 bits per heavy atom. The number of H-pyrrole nitrogens is 1. The lowest BCUT2D eigenvalue weighted by molar-refractivity contribution is 0.0778. The Labute approximate surface area is 154 Å². The molecule has 3 heterocycles. The molecule has 1 unspecified atom stereocenters. The number of fused-ring (bicyclic) bond motifs is 1. The van der Waals surface area contributed by atoms with Gasteiger partial charge in [0.15, 0.2) is 0 Å². The number of hydrogen-bond acceptors (Lipinski definition) is 3. The van der Waals surface area contributed by atoms with Gasteiger partial charge in [0.25, 0.3) is 5.91 Å². The van der Waals surface area contributed by atoms with Crippen LogP contribution in [0, 0.1) is 11.8 Å². The molecule has 1 aromatic heterocycles. The Kier molecular flexibility index (Phi) is 4.52. The normalized spacial score (nSPS) is 23.0. The van der Waals surface area contributed by atoms with E-state index in [2.05, 4.69) is 4.98 Å². The van der Waals surface area contributed by atoms with Crippen LogP contribution in [0.2, 0.25) is 0 Å². The van der Waals surface area contributed by atoms with Crippen LogP contribution in [-0.4, -0.2) is 60.9 Å². The lowest BCUT2D eigenvalue weighted by Crippen LogP contribution is -2.40. The number of amides is 1. The summed E-state index contributed by atoms with van der Waals surface area (Å²) in [6.07, 6.45) is 5.98. The van der Waals surface area contributed by atoms with Gasteiger partial charge < -0.3 is 9.88 Å². The van der Waals surface area contributed by atoms with Crippen LogP contribution in [-0.2, 0) is 10.0 Å². The third kappa shape index (κ3) is 3.38. The molecule has 2 aromatic rings. The summed E-state index contributed by atoms with van der Waals surface area (Å²) in [5.74, 6) is 1.10. The maximum absolute atomic E-state index is 12.9. The van der Waals surface area contributed by atoms with Gasteiger partial charge in [0.1, 0.15) is 0 Å². The van der Waals surface area contributed by atoms with Crippen molar-refractivity contribution in [3.63, 3.8) is 0 Å². The Bertz CT molecular complexity index is 913. The number of nitrogens with zero attached hydrogens (tertiary/aromatic N) is 2. The van der Waals surface area contributed by atoms with E-state index in [1.54, 1.807) is 4.31 Å². The first-order valence-corrected chi connectivity index (χ1v) is 11.1. The SMILES string of the molecule is CS(=O)(=O)N1CCC(C2CCN(C(=O)c3ccc4[nH]ccc4c3)C2)CC1. The van der Waals surface area contributed by atoms with Crippen molar-refractivity contribution in [2.45, 2.75) is 19.3 Å². The van der Waals surface area contributed by atoms with E-state index in [1.165, 1.54) is 6.26 Å². The number of piperidine rings is 1. The number of benzene rings is 1. The van der Waals surface area contributed by atoms with Crippen molar-refractivity contribution in [2.75, 3.05) is 32.4 Å². The number of carbonyl (C=O) groups excluding carboxylic acids is 1. The van der Waals surface area contributed by atoms with Gasteiger partial charge in [0.2, 0.25) is 10.0 Å². The van der Waals surface area contributed by atoms with Gasteiger partial charge in [-0.05, 0) is 55.4 Å². The molecule has 1 atom stereocenters. The lowest BCUT2D eigenvalue weighted by Gasteiger charge is -2.33. The van der Waals surface area contributed by atoms with Gasteiger partial charge >= 0.3 is 0 Å². The topological polar surface area (TPSA) is 73.5 Å². The summed E-state index contributed by atoms with van der Waals surface area (Å²) in [6.45, 7) is 2.80. The minimum atomic E-state index is -3.08. The first-order chi connectivity index (χ1) is 12.4. The number of likely N-dealkylation sites (tertiary alicyclic amines) is 1. The van der Waals surface area contributed by atoms with Crippen LogP contribution in [0.25, 0.3) is 10.9 Å². The third-order valence-electron chi connectivity index (χ3n) is 5.95. The van der Waals surface area contributed by atoms with Crippen molar-refractivity contribution in [3.8, 4) is 0 Å². The van der Waals surface area contributed by atoms with Gasteiger partial charge in [-0.2, -0.15) is 0 Å². The molecule has 1 aromatic carbocycles. The number of sulfonamides is 1. The largest absolute Gasteiger partial charge is 0.361 e. The monoisotopic (exact) mass is 375 g/mol. The minimum Gasteiger partial charge on any atom is -0.361 e. The van der Waals surface area contributed by atoms with E-state index < -0.39 is 10.0 Å². The van der Waals surface area contributed by atoms with Gasteiger partial charge in [0.05, 0.1) is 6.26 Å². The molecule has 0 aliphatic carbocycles. The lowest BCUT2D eigenvalue weighted by atomic mass is 9.84. The average molecular weight is 375 g/mol. The van der Waals surface area contributed by atoms with E-state index in [0.717, 1.165) is 48.8 Å². The molecule has 0 bridgehead atoms. The van der Waals surface area contributed by atoms with Gasteiger partial charge in [-0.25, -0.2) is 12.7 Å². The van der Waals surface area contributed by atoms with Crippen molar-refractivity contribution in [3.05, 3.63) is 36.0 Å². The second-order valence-electron chi connectivity index (χ2n) is 7.58. The van der Waals surface area contributed by atoms with Crippen LogP contribution >= 0.6 is 0 Å². The molecule has 1 N–H and O–H groups in total. The summed E-state index contributed by atoms with van der Waals surface area (Å²) >= 11 is 0. The zero-order valence-electron chi connectivity index (χ0n) is 15.0. The summed E-state index contributed by atoms with van der Waals surface area (Å²) in [4.78, 5) is 18.0. The number of nitrogens with one attached hydrogen (secondary N) is 1. The van der Waals surface area contributed by atoms with Crippen LogP contribution in [0.1, 0.15) is 29.6 Å². The first kappa shape index (κ1) is 17.5. The summed E-state index contributed by atoms with van der Waals surface area (Å²) in [5.41, 5.74) is 1.78. The molecule has 140 valence electrons. The molecule has 2 aliphatic heterocycles. The first-order valence-electron chi connectivity index (χ1n) is 9.23. The maximum Gasteiger partial charge on any atom is 0.253 e. The summed E-state index contributed by atoms with van der Waals surface area (Å²) in [7, 11) is -3.08. The van der Waals surface area contributed by atoms with E-state index in [9.17, 15) is 13.2 Å². The summed E-state index contributed by atoms with van der Waals surface area (Å²) in [5, 5.41) is 1.06. The fourth-order valence-electron chi connectivity index (χ4n) is 4.40. The molecule has 2 fully saturated rings. The highest BCUT2D eigenvalue weighted by Gasteiger charge is 2.35. The van der Waals surface area contributed by atoms with Crippen molar-refractivity contribution in [1.82, 2.24) is 14.2 Å². The zero-order valence-corrected chi connectivity index (χ0v) is 15.8. The van der Waals surface area contributed by atoms with Gasteiger partial charge in [0, 0.05) is 48.8 Å². The van der Waals surface area contributed by atoms with Crippen LogP contribution in [0.5, 0.6) is 0 Å². The van der Waals surface area contributed by atoms with Crippen molar-refractivity contribution < 1.29 is 13.2 Å². The van der Waals surface area contributed by atoms with Gasteiger partial charge in [-0.15, -0.1) is 0 Å². The quantitative estimate of drug-likeness (QED) is 0.895. The Morgan fingerprint density at radius 2 is 1.81 bits per heavy atom. The third-order valence-corrected chi connectivity index (χ3v) is 7.25. The molecule has 26 heavy (non-hydrogen) atoms. The second-order valence-corrected chi connectivity index (χ2v) is 9.56. The molecular formula is C19H25N3O3S. The molecule has 1 amide bonds. The van der Waals surface area contributed by atoms with E-state index in [4.69, 9.17) is 0 Å². The summed E-state index contributed by atoms with van der Waals surface area (Å²) in [6, 6.07) is 7.77. The van der Waals surface area contributed by atoms with Gasteiger partial charge in [-0.3, -0.25) is 4.79 Å². The number of hydrogen-bond donors (Lipinski definition) is 1. The molecular weight excluding hydrogens is 350 g/mol. The van der Waals surface area contributed by atoms with Crippen LogP contribution in [0.3, 0.4) is 0 Å². The Balaban J connectivity index is 1.38. The number of carbonyl (C=O) groups is 1. The maximum atomic E-state index is 12.9. The van der Waals surface area contributed by atoms with Crippen molar-refractivity contribution in [1.29, 1.82) is 0 Å². The molecule has 2 aliphatic rings. The number of aromatic amines is 1. The zero-order chi connectivity index (χ0) is 18.3. The van der Waals surface area contributed by atoms with E-state index in [-0.39, 0.29) is 5.91 Å². The molecule has 6 nitrogen and oxygen atoms in total. The highest BCUT2D eigenvalue weighted by molar-refractivity contribution is 7.88. The fourth-order valence-corrected chi connectivity index (χ4v) is 5.28. The fraction of sp³-hybridized carbons (Fsp3) is 0.526. The van der Waals surface area contributed by atoms with E-state index >= 15 is 0 Å². The second kappa shape index (κ2) is 6.70. The summed E-state index contributed by atoms with van der Waals surface area (Å²) < 4.78 is 24.9. The highest BCUT2D eigenvalue weighted by atomic mass is 32.2. The molecule has 7 heteroatoms. The number of aromatic nitrogens is 1. The molecule has 0 spiro atoms. The minimum absolute atomic E-state index is 0.101. The van der Waals surface area contributed by atoms with Gasteiger partial charge in [-0.1, -0.05) is 0 Å². The highest BCUT2D eigenvalue weighted by Crippen LogP contribution is 2.33. The smallest absolute Gasteiger partial charge is 0.253 e. The molecule has 0 saturated carbocycles. The predicted molar refractivity (Wildman–Crippen MR) is 101 cm³/mol. The standard InChI is InChI=1S/C19H25N3O3S/c1-26(24,25)22-10-6-14(7-11-22)17-5-9-21(13-17)19(23)16-2-3-18-15(12-16)4-8-20-18/h2-4,8,12,14,17,20H,5-7,9-11,13H2,1H3. The van der Waals surface area contributed by atoms with E-state index in [1.807, 2.05) is 35.4 Å². The Morgan fingerprint density at radius 1 is 1.08 bits per heavy atom. The number of rotatable bonds is 3. The average Bonchev–Trinajstić information content (AvgIpc) is 3.29. The predicted octanol–water partition coefficient (Wildman–Crippen LogP) is 2.30. The Hall–Kier alpha value is -1.86. The van der Waals surface area contributed by atoms with Crippen LogP contribution < -0.4 is 0 Å². The van der Waals surface area contributed by atoms with Crippen molar-refractivity contribution in [2.24, 2.45) is 11.8 Å².